The van der Waals surface area contributed by atoms with Crippen molar-refractivity contribution >= 4 is 15.5 Å². The van der Waals surface area contributed by atoms with E-state index in [9.17, 15) is 30.4 Å². The summed E-state index contributed by atoms with van der Waals surface area (Å²) in [5.74, 6) is -2.14. The summed E-state index contributed by atoms with van der Waals surface area (Å²) in [6.07, 6.45) is -2.45. The molecule has 3 rings (SSSR count). The van der Waals surface area contributed by atoms with Crippen LogP contribution in [-0.4, -0.2) is 18.4 Å². The van der Waals surface area contributed by atoms with Crippen LogP contribution in [0.15, 0.2) is 59.9 Å². The van der Waals surface area contributed by atoms with E-state index in [0.29, 0.717) is 6.07 Å². The topological polar surface area (TPSA) is 72.0 Å². The van der Waals surface area contributed by atoms with Gasteiger partial charge in [0, 0.05) is 17.4 Å². The van der Waals surface area contributed by atoms with Crippen molar-refractivity contribution in [3.05, 3.63) is 83.4 Å². The average Bonchev–Trinajstić information content (AvgIpc) is 2.69. The normalized spacial score (nSPS) is 13.1. The number of benzene rings is 2. The number of halogens is 5. The van der Waals surface area contributed by atoms with Crippen molar-refractivity contribution in [2.24, 2.45) is 0 Å². The Kier molecular flexibility index (Phi) is 6.25. The van der Waals surface area contributed by atoms with Gasteiger partial charge in [-0.2, -0.15) is 13.2 Å². The van der Waals surface area contributed by atoms with Gasteiger partial charge in [-0.1, -0.05) is 0 Å². The fourth-order valence-corrected chi connectivity index (χ4v) is 4.22. The predicted molar refractivity (Wildman–Crippen MR) is 103 cm³/mol. The molecular formula is C20H16F5N3O2S. The zero-order chi connectivity index (χ0) is 22.8. The summed E-state index contributed by atoms with van der Waals surface area (Å²) < 4.78 is 93.5. The van der Waals surface area contributed by atoms with E-state index >= 15 is 0 Å². The highest BCUT2D eigenvalue weighted by Crippen LogP contribution is 2.38. The molecule has 0 fully saturated rings. The molecule has 164 valence electrons. The lowest BCUT2D eigenvalue weighted by molar-refractivity contribution is -0.137. The van der Waals surface area contributed by atoms with E-state index in [2.05, 4.69) is 15.3 Å². The number of nitrogens with zero attached hydrogens (tertiary/aromatic N) is 2. The van der Waals surface area contributed by atoms with E-state index in [-0.39, 0.29) is 11.3 Å². The van der Waals surface area contributed by atoms with E-state index in [4.69, 9.17) is 0 Å². The first-order chi connectivity index (χ1) is 14.5. The van der Waals surface area contributed by atoms with Gasteiger partial charge in [0.1, 0.15) is 18.0 Å². The first-order valence-corrected chi connectivity index (χ1v) is 10.5. The third-order valence-corrected chi connectivity index (χ3v) is 6.08. The summed E-state index contributed by atoms with van der Waals surface area (Å²) in [7, 11) is -4.13. The Morgan fingerprint density at radius 1 is 1.06 bits per heavy atom. The van der Waals surface area contributed by atoms with Crippen LogP contribution in [0.5, 0.6) is 0 Å². The van der Waals surface area contributed by atoms with Gasteiger partial charge in [-0.25, -0.2) is 27.2 Å². The van der Waals surface area contributed by atoms with Crippen LogP contribution in [0.4, 0.5) is 27.6 Å². The number of alkyl halides is 3. The van der Waals surface area contributed by atoms with Gasteiger partial charge in [0.15, 0.2) is 9.84 Å². The quantitative estimate of drug-likeness (QED) is 0.532. The molecule has 0 aliphatic rings. The maximum absolute atomic E-state index is 14.0. The van der Waals surface area contributed by atoms with Crippen LogP contribution in [-0.2, 0) is 21.8 Å². The van der Waals surface area contributed by atoms with Crippen molar-refractivity contribution in [3.8, 4) is 0 Å². The minimum Gasteiger partial charge on any atom is -0.378 e. The summed E-state index contributed by atoms with van der Waals surface area (Å²) in [5.41, 5.74) is -1.76. The predicted octanol–water partition coefficient (Wildman–Crippen LogP) is 4.92. The Bertz CT molecular complexity index is 1190. The second kappa shape index (κ2) is 8.58. The largest absolute Gasteiger partial charge is 0.418 e. The molecule has 0 amide bonds. The summed E-state index contributed by atoms with van der Waals surface area (Å²) in [5, 5.41) is 2.49. The Morgan fingerprint density at radius 2 is 1.81 bits per heavy atom. The molecule has 31 heavy (non-hydrogen) atoms. The van der Waals surface area contributed by atoms with Crippen LogP contribution in [0.1, 0.15) is 29.8 Å². The smallest absolute Gasteiger partial charge is 0.378 e. The zero-order valence-electron chi connectivity index (χ0n) is 16.0. The molecule has 1 aromatic heterocycles. The van der Waals surface area contributed by atoms with Gasteiger partial charge in [-0.05, 0) is 49.4 Å². The van der Waals surface area contributed by atoms with Crippen molar-refractivity contribution in [3.63, 3.8) is 0 Å². The van der Waals surface area contributed by atoms with E-state index in [1.54, 1.807) is 0 Å². The summed E-state index contributed by atoms with van der Waals surface area (Å²) in [6.45, 7) is 1.36. The van der Waals surface area contributed by atoms with Crippen LogP contribution < -0.4 is 5.32 Å². The molecule has 0 aliphatic heterocycles. The fourth-order valence-electron chi connectivity index (χ4n) is 2.92. The molecule has 3 aromatic rings. The van der Waals surface area contributed by atoms with Crippen LogP contribution in [0.2, 0.25) is 0 Å². The minimum absolute atomic E-state index is 0.126. The third kappa shape index (κ3) is 5.35. The van der Waals surface area contributed by atoms with E-state index < -0.39 is 55.6 Å². The lowest BCUT2D eigenvalue weighted by Crippen LogP contribution is -2.16. The SMILES string of the molecule is C[C@H](Nc1ccc(S(=O)(=O)Cc2ccncn2)cc1C(F)(F)F)c1cc(F)ccc1F. The van der Waals surface area contributed by atoms with Gasteiger partial charge in [-0.3, -0.25) is 0 Å². The fraction of sp³-hybridized carbons (Fsp3) is 0.200. The van der Waals surface area contributed by atoms with Gasteiger partial charge in [0.05, 0.1) is 27.9 Å². The Labute approximate surface area is 174 Å². The van der Waals surface area contributed by atoms with Crippen molar-refractivity contribution in [1.82, 2.24) is 9.97 Å². The summed E-state index contributed by atoms with van der Waals surface area (Å²) >= 11 is 0. The first kappa shape index (κ1) is 22.6. The highest BCUT2D eigenvalue weighted by Gasteiger charge is 2.35. The Hall–Kier alpha value is -3.08. The molecule has 1 heterocycles. The number of nitrogens with one attached hydrogen (secondary N) is 1. The highest BCUT2D eigenvalue weighted by molar-refractivity contribution is 7.90. The van der Waals surface area contributed by atoms with Gasteiger partial charge < -0.3 is 5.32 Å². The van der Waals surface area contributed by atoms with Crippen molar-refractivity contribution in [2.45, 2.75) is 29.8 Å². The third-order valence-electron chi connectivity index (χ3n) is 4.43. The average molecular weight is 457 g/mol. The molecule has 0 saturated carbocycles. The zero-order valence-corrected chi connectivity index (χ0v) is 16.8. The number of anilines is 1. The molecule has 0 aliphatic carbocycles. The Morgan fingerprint density at radius 3 is 2.45 bits per heavy atom. The molecule has 5 nitrogen and oxygen atoms in total. The monoisotopic (exact) mass is 457 g/mol. The number of hydrogen-bond donors (Lipinski definition) is 1. The van der Waals surface area contributed by atoms with Crippen LogP contribution >= 0.6 is 0 Å². The molecular weight excluding hydrogens is 441 g/mol. The molecule has 1 N–H and O–H groups in total. The number of rotatable bonds is 6. The van der Waals surface area contributed by atoms with Gasteiger partial charge in [-0.15, -0.1) is 0 Å². The van der Waals surface area contributed by atoms with Crippen LogP contribution in [0.25, 0.3) is 0 Å². The van der Waals surface area contributed by atoms with E-state index in [1.165, 1.54) is 19.2 Å². The molecule has 0 radical (unpaired) electrons. The lowest BCUT2D eigenvalue weighted by Gasteiger charge is -2.21. The van der Waals surface area contributed by atoms with E-state index in [1.807, 2.05) is 0 Å². The second-order valence-corrected chi connectivity index (χ2v) is 8.69. The summed E-state index contributed by atoms with van der Waals surface area (Å²) in [6, 6.07) is 5.43. The molecule has 0 spiro atoms. The molecule has 0 saturated heterocycles. The molecule has 0 unspecified atom stereocenters. The van der Waals surface area contributed by atoms with Crippen LogP contribution in [0.3, 0.4) is 0 Å². The maximum atomic E-state index is 14.0. The van der Waals surface area contributed by atoms with Crippen LogP contribution in [0, 0.1) is 11.6 Å². The molecule has 0 bridgehead atoms. The lowest BCUT2D eigenvalue weighted by atomic mass is 10.1. The van der Waals surface area contributed by atoms with Gasteiger partial charge >= 0.3 is 6.18 Å². The number of aromatic nitrogens is 2. The van der Waals surface area contributed by atoms with Crippen molar-refractivity contribution in [2.75, 3.05) is 5.32 Å². The Balaban J connectivity index is 1.96. The molecule has 1 atom stereocenters. The highest BCUT2D eigenvalue weighted by atomic mass is 32.2. The van der Waals surface area contributed by atoms with Gasteiger partial charge in [0.25, 0.3) is 0 Å². The second-order valence-electron chi connectivity index (χ2n) is 6.70. The van der Waals surface area contributed by atoms with Gasteiger partial charge in [0.2, 0.25) is 0 Å². The standard InChI is InChI=1S/C20H16F5N3O2S/c1-12(16-8-13(21)2-4-18(16)22)28-19-5-3-15(9-17(19)20(23,24)25)31(29,30)10-14-6-7-26-11-27-14/h2-9,11-12,28H,10H2,1H3/t12-/m0/s1. The van der Waals surface area contributed by atoms with E-state index in [0.717, 1.165) is 36.7 Å². The van der Waals surface area contributed by atoms with Crippen molar-refractivity contribution in [1.29, 1.82) is 0 Å². The first-order valence-electron chi connectivity index (χ1n) is 8.88. The number of hydrogen-bond acceptors (Lipinski definition) is 5. The number of sulfone groups is 1. The molecule has 2 aromatic carbocycles. The minimum atomic E-state index is -4.90. The summed E-state index contributed by atoms with van der Waals surface area (Å²) in [4.78, 5) is 6.88. The maximum Gasteiger partial charge on any atom is 0.418 e. The molecule has 11 heteroatoms. The van der Waals surface area contributed by atoms with Crippen molar-refractivity contribution < 1.29 is 30.4 Å².